The average Bonchev–Trinajstić information content (AvgIpc) is 1.74. The van der Waals surface area contributed by atoms with Gasteiger partial charge >= 0.3 is 18.0 Å². The maximum atomic E-state index is 15.5. The summed E-state index contributed by atoms with van der Waals surface area (Å²) in [4.78, 5) is 226. The number of hydrogen-bond donors (Lipinski definition) is 17. The van der Waals surface area contributed by atoms with Gasteiger partial charge in [-0.05, 0) is 153 Å². The summed E-state index contributed by atoms with van der Waals surface area (Å²) < 4.78 is 5.21. The van der Waals surface area contributed by atoms with Gasteiger partial charge in [-0.25, -0.2) is 9.59 Å². The summed E-state index contributed by atoms with van der Waals surface area (Å²) in [5, 5.41) is 49.9. The molecule has 3 heterocycles. The van der Waals surface area contributed by atoms with Crippen LogP contribution in [0, 0.1) is 5.92 Å². The number of rotatable bonds is 43. The lowest BCUT2D eigenvalue weighted by Crippen LogP contribution is -2.62. The van der Waals surface area contributed by atoms with E-state index in [-0.39, 0.29) is 99.8 Å². The summed E-state index contributed by atoms with van der Waals surface area (Å²) in [6.45, 7) is 8.68. The molecule has 2 fully saturated rings. The van der Waals surface area contributed by atoms with Crippen molar-refractivity contribution >= 4 is 129 Å². The highest BCUT2D eigenvalue weighted by Crippen LogP contribution is 2.24. The maximum Gasteiger partial charge on any atom is 0.322 e. The Morgan fingerprint density at radius 2 is 1.05 bits per heavy atom. The summed E-state index contributed by atoms with van der Waals surface area (Å²) in [7, 11) is 0. The van der Waals surface area contributed by atoms with Crippen molar-refractivity contribution in [2.24, 2.45) is 17.4 Å². The van der Waals surface area contributed by atoms with Crippen molar-refractivity contribution in [1.82, 2.24) is 73.7 Å². The van der Waals surface area contributed by atoms with E-state index in [0.717, 1.165) is 10.8 Å². The number of unbranched alkanes of at least 4 members (excludes halogenated alkanes) is 1. The van der Waals surface area contributed by atoms with E-state index in [1.165, 1.54) is 79.7 Å². The number of pyridine rings is 1. The topological polar surface area (TPSA) is 539 Å². The molecule has 0 radical (unpaired) electrons. The lowest BCUT2D eigenvalue weighted by atomic mass is 9.99. The van der Waals surface area contributed by atoms with Crippen LogP contribution in [0.2, 0.25) is 5.02 Å². The number of primary amides is 2. The van der Waals surface area contributed by atoms with Crippen LogP contribution in [-0.4, -0.2) is 209 Å². The molecular formula is C84H105ClN18O18. The van der Waals surface area contributed by atoms with Crippen LogP contribution >= 0.6 is 11.6 Å². The van der Waals surface area contributed by atoms with Crippen molar-refractivity contribution < 1.29 is 86.6 Å². The van der Waals surface area contributed by atoms with E-state index in [0.29, 0.717) is 46.7 Å². The normalized spacial score (nSPS) is 15.9. The molecule has 8 rings (SSSR count). The number of aromatic nitrogens is 1. The summed E-state index contributed by atoms with van der Waals surface area (Å²) in [5.41, 5.74) is 13.5. The number of carbonyl (C=O) groups excluding carboxylic acids is 16. The largest absolute Gasteiger partial charge is 0.462 e. The van der Waals surface area contributed by atoms with Crippen LogP contribution in [0.25, 0.3) is 10.8 Å². The smallest absolute Gasteiger partial charge is 0.322 e. The van der Waals surface area contributed by atoms with Crippen molar-refractivity contribution in [3.63, 3.8) is 0 Å². The number of fused-ring (bicyclic) bond motifs is 1. The van der Waals surface area contributed by atoms with E-state index in [1.54, 1.807) is 64.1 Å². The van der Waals surface area contributed by atoms with E-state index in [2.05, 4.69) is 74.1 Å². The van der Waals surface area contributed by atoms with Crippen molar-refractivity contribution in [3.05, 3.63) is 173 Å². The molecule has 6 aromatic rings. The first-order valence-corrected chi connectivity index (χ1v) is 40.1. The SMILES string of the molecule is CC(=O)N[C@H](Cc1ccc2ccccc2c1)C(=O)N[C@H](Cc1ccc(Cl)cc1)C(=O)N[C@@H](Cc1cccnc1)C(=O)N[C@@H](CO)C(=O)N[C@@H](Cc1ccc(NC(=O)[C@@H]2CC(=O)NC(=O)N2)cc1)C(=O)N[C@@H](Cc1ccc(NC(N)=O)cc1)C(=O)N[C@@H](CC(C)C)C(=O)N[C@@H](CCCCNCC(=O)OC(C)C)C(=O)N1CCC[C@H]1C(=O)N[C@H](C)C(N)=O. The highest BCUT2D eigenvalue weighted by Gasteiger charge is 2.41. The first kappa shape index (κ1) is 93.5. The molecule has 36 nitrogen and oxygen atoms in total. The van der Waals surface area contributed by atoms with Crippen LogP contribution in [0.1, 0.15) is 114 Å². The second kappa shape index (κ2) is 45.8. The van der Waals surface area contributed by atoms with Gasteiger partial charge in [-0.1, -0.05) is 110 Å². The summed E-state index contributed by atoms with van der Waals surface area (Å²) in [6.07, 6.45) is 1.99. The average molecular weight is 1690 g/mol. The number of amides is 17. The van der Waals surface area contributed by atoms with Crippen LogP contribution in [0.15, 0.2) is 140 Å². The van der Waals surface area contributed by atoms with E-state index in [4.69, 9.17) is 27.8 Å². The molecule has 11 atom stereocenters. The lowest BCUT2D eigenvalue weighted by Gasteiger charge is -2.31. The molecule has 5 aromatic carbocycles. The number of aliphatic hydroxyl groups is 1. The molecule has 19 N–H and O–H groups in total. The van der Waals surface area contributed by atoms with Crippen molar-refractivity contribution in [1.29, 1.82) is 0 Å². The molecule has 0 unspecified atom stereocenters. The van der Waals surface area contributed by atoms with Gasteiger partial charge in [-0.15, -0.1) is 0 Å². The Kier molecular flexibility index (Phi) is 35.4. The minimum Gasteiger partial charge on any atom is -0.462 e. The first-order chi connectivity index (χ1) is 57.7. The Balaban J connectivity index is 1.10. The fourth-order valence-electron chi connectivity index (χ4n) is 13.6. The van der Waals surface area contributed by atoms with Gasteiger partial charge in [-0.3, -0.25) is 77.4 Å². The van der Waals surface area contributed by atoms with Gasteiger partial charge in [0.05, 0.1) is 25.7 Å². The fraction of sp³-hybridized carbons (Fsp3) is 0.417. The van der Waals surface area contributed by atoms with Gasteiger partial charge in [-0.2, -0.15) is 0 Å². The van der Waals surface area contributed by atoms with Crippen LogP contribution in [0.5, 0.6) is 0 Å². The molecule has 17 amide bonds. The molecule has 646 valence electrons. The lowest BCUT2D eigenvalue weighted by molar-refractivity contribution is -0.146. The molecule has 2 aliphatic rings. The minimum atomic E-state index is -1.94. The maximum absolute atomic E-state index is 15.5. The van der Waals surface area contributed by atoms with Crippen LogP contribution in [-0.2, 0) is 104 Å². The standard InChI is InChI=1S/C84H105ClN18O18/c1-46(2)35-61(74(110)94-60(16-9-10-32-89-44-71(107)121-47(3)4)82(118)103-34-12-17-69(103)81(117)90-48(5)72(86)108)95-76(112)64(38-52-23-30-59(31-24-52)93-83(87)119)97-78(114)65(39-51-21-28-58(29-22-51)92-73(109)67-42-70(106)102-84(120)101-67)99-80(116)68(45-104)100-79(115)66(41-54-13-11-33-88-43-54)98-77(113)63(37-50-19-26-57(85)27-20-50)96-75(111)62(91-49(6)105)40-53-18-25-55-14-7-8-15-56(55)36-53/h7-8,11,13-15,18-31,33,36,43,46-48,60-69,89,104H,9-10,12,16-17,32,34-35,37-42,44-45H2,1-6H3,(H2,86,108)(H,90,117)(H,91,105)(H,92,109)(H,94,110)(H,95,112)(H,96,111)(H,97,114)(H,98,113)(H,99,116)(H,100,115)(H3,87,93,119)(H2,101,102,106,120)/t48-,60+,61+,62-,63-,64+,65+,66+,67+,68+,69+/m1/s1. The highest BCUT2D eigenvalue weighted by molar-refractivity contribution is 6.30. The molecule has 1 aromatic heterocycles. The third-order valence-corrected chi connectivity index (χ3v) is 20.0. The van der Waals surface area contributed by atoms with Crippen molar-refractivity contribution in [2.75, 3.05) is 36.9 Å². The summed E-state index contributed by atoms with van der Waals surface area (Å²) >= 11 is 6.27. The van der Waals surface area contributed by atoms with Gasteiger partial charge in [0, 0.05) is 74.4 Å². The van der Waals surface area contributed by atoms with Crippen molar-refractivity contribution in [2.45, 2.75) is 191 Å². The number of nitrogens with zero attached hydrogens (tertiary/aromatic N) is 2. The number of halogens is 1. The number of imide groups is 1. The molecule has 0 saturated carbocycles. The number of nitrogens with one attached hydrogen (secondary N) is 14. The highest BCUT2D eigenvalue weighted by atomic mass is 35.5. The first-order valence-electron chi connectivity index (χ1n) is 39.7. The number of urea groups is 2. The number of anilines is 2. The molecule has 0 aliphatic carbocycles. The van der Waals surface area contributed by atoms with E-state index >= 15 is 28.8 Å². The van der Waals surface area contributed by atoms with Gasteiger partial charge in [0.15, 0.2) is 0 Å². The monoisotopic (exact) mass is 1690 g/mol. The zero-order valence-corrected chi connectivity index (χ0v) is 68.7. The molecule has 2 aliphatic heterocycles. The van der Waals surface area contributed by atoms with E-state index in [1.807, 2.05) is 47.8 Å². The number of hydrogen-bond acceptors (Lipinski definition) is 20. The number of nitrogens with two attached hydrogens (primary N) is 2. The van der Waals surface area contributed by atoms with Gasteiger partial charge in [0.25, 0.3) is 0 Å². The predicted octanol–water partition coefficient (Wildman–Crippen LogP) is 1.06. The molecule has 0 spiro atoms. The number of carbonyl (C=O) groups is 16. The zero-order valence-electron chi connectivity index (χ0n) is 67.9. The van der Waals surface area contributed by atoms with Crippen LogP contribution in [0.3, 0.4) is 0 Å². The quantitative estimate of drug-likeness (QED) is 0.0188. The molecular weight excluding hydrogens is 1580 g/mol. The second-order valence-corrected chi connectivity index (χ2v) is 30.8. The van der Waals surface area contributed by atoms with Crippen LogP contribution < -0.4 is 85.9 Å². The van der Waals surface area contributed by atoms with Gasteiger partial charge in [0.1, 0.15) is 66.5 Å². The Labute approximate surface area is 703 Å². The number of benzene rings is 5. The van der Waals surface area contributed by atoms with E-state index in [9.17, 15) is 53.1 Å². The Morgan fingerprint density at radius 1 is 0.554 bits per heavy atom. The zero-order chi connectivity index (χ0) is 88.0. The minimum absolute atomic E-state index is 0.00373. The number of ether oxygens (including phenoxy) is 1. The van der Waals surface area contributed by atoms with Gasteiger partial charge in [0.2, 0.25) is 76.8 Å². The number of likely N-dealkylation sites (tertiary alicyclic amines) is 1. The van der Waals surface area contributed by atoms with Crippen LogP contribution in [0.4, 0.5) is 21.0 Å². The Bertz CT molecular complexity index is 4680. The molecule has 121 heavy (non-hydrogen) atoms. The molecule has 2 saturated heterocycles. The summed E-state index contributed by atoms with van der Waals surface area (Å²) in [6, 6.07) is 16.6. The number of aliphatic hydroxyl groups excluding tert-OH is 1. The third kappa shape index (κ3) is 30.1. The second-order valence-electron chi connectivity index (χ2n) is 30.4. The molecule has 0 bridgehead atoms. The fourth-order valence-corrected chi connectivity index (χ4v) is 13.7. The predicted molar refractivity (Wildman–Crippen MR) is 445 cm³/mol. The third-order valence-electron chi connectivity index (χ3n) is 19.7. The summed E-state index contributed by atoms with van der Waals surface area (Å²) in [5.74, 6) is -11.8. The van der Waals surface area contributed by atoms with Gasteiger partial charge < -0.3 is 95.3 Å². The van der Waals surface area contributed by atoms with E-state index < -0.39 is 174 Å². The van der Waals surface area contributed by atoms with Crippen molar-refractivity contribution in [3.8, 4) is 0 Å². The number of esters is 1. The Hall–Kier alpha value is -13.0. The Morgan fingerprint density at radius 3 is 1.57 bits per heavy atom. The molecule has 37 heteroatoms.